The molecule has 44 heavy (non-hydrogen) atoms. The highest BCUT2D eigenvalue weighted by atomic mass is 15.1. The van der Waals surface area contributed by atoms with Crippen molar-refractivity contribution in [3.8, 4) is 0 Å². The average Bonchev–Trinajstić information content (AvgIpc) is 3.53. The van der Waals surface area contributed by atoms with E-state index in [2.05, 4.69) is 49.6 Å². The topological polar surface area (TPSA) is 19.7 Å². The Morgan fingerprint density at radius 2 is 0.727 bits per heavy atom. The van der Waals surface area contributed by atoms with E-state index in [4.69, 9.17) is 0 Å². The lowest BCUT2D eigenvalue weighted by molar-refractivity contribution is -0.727. The van der Waals surface area contributed by atoms with E-state index < -0.39 is 0 Å². The van der Waals surface area contributed by atoms with Crippen molar-refractivity contribution in [3.63, 3.8) is 0 Å². The van der Waals surface area contributed by atoms with E-state index in [1.807, 2.05) is 0 Å². The predicted octanol–water partition coefficient (Wildman–Crippen LogP) is 14.9. The second-order valence-electron chi connectivity index (χ2n) is 14.7. The third-order valence-electron chi connectivity index (χ3n) is 10.4. The molecule has 1 aromatic rings. The van der Waals surface area contributed by atoms with Crippen LogP contribution < -0.4 is 4.57 Å². The van der Waals surface area contributed by atoms with Crippen LogP contribution in [0, 0.1) is 0 Å². The maximum absolute atomic E-state index is 3.75. The zero-order valence-corrected chi connectivity index (χ0v) is 31.1. The van der Waals surface area contributed by atoms with Gasteiger partial charge in [0.05, 0.1) is 12.0 Å². The van der Waals surface area contributed by atoms with Gasteiger partial charge in [-0.1, -0.05) is 207 Å². The lowest BCUT2D eigenvalue weighted by Gasteiger charge is -2.17. The summed E-state index contributed by atoms with van der Waals surface area (Å²) >= 11 is 0. The van der Waals surface area contributed by atoms with Gasteiger partial charge in [-0.2, -0.15) is 0 Å². The Hall–Kier alpha value is -0.790. The van der Waals surface area contributed by atoms with Crippen molar-refractivity contribution in [1.82, 2.24) is 4.98 Å². The van der Waals surface area contributed by atoms with Gasteiger partial charge in [0.1, 0.15) is 12.4 Å². The molecule has 260 valence electrons. The minimum Gasteiger partial charge on any atom is -0.247 e. The Morgan fingerprint density at radius 3 is 1.07 bits per heavy atom. The molecule has 1 heterocycles. The van der Waals surface area contributed by atoms with E-state index in [9.17, 15) is 0 Å². The monoisotopic (exact) mass is 616 g/mol. The summed E-state index contributed by atoms with van der Waals surface area (Å²) in [5.74, 6) is 2.25. The van der Waals surface area contributed by atoms with Crippen molar-refractivity contribution in [2.45, 2.75) is 252 Å². The van der Waals surface area contributed by atoms with Gasteiger partial charge in [-0.25, -0.2) is 9.55 Å². The molecule has 0 aliphatic carbocycles. The number of rotatable bonds is 35. The van der Waals surface area contributed by atoms with Crippen LogP contribution in [-0.4, -0.2) is 4.98 Å². The van der Waals surface area contributed by atoms with Crippen LogP contribution in [0.5, 0.6) is 0 Å². The van der Waals surface area contributed by atoms with Crippen LogP contribution in [0.4, 0.5) is 0 Å². The van der Waals surface area contributed by atoms with Gasteiger partial charge >= 0.3 is 0 Å². The molecule has 2 nitrogen and oxygen atoms in total. The van der Waals surface area contributed by atoms with Crippen LogP contribution in [0.1, 0.15) is 257 Å². The summed E-state index contributed by atoms with van der Waals surface area (Å²) in [5.41, 5.74) is 0. The molecule has 0 aliphatic rings. The molecule has 0 aromatic carbocycles. The third kappa shape index (κ3) is 23.5. The van der Waals surface area contributed by atoms with Crippen molar-refractivity contribution >= 4 is 0 Å². The van der Waals surface area contributed by atoms with Crippen LogP contribution >= 0.6 is 0 Å². The molecule has 2 unspecified atom stereocenters. The van der Waals surface area contributed by atoms with Crippen LogP contribution in [0.15, 0.2) is 12.4 Å². The Kier molecular flexibility index (Phi) is 30.1. The quantitative estimate of drug-likeness (QED) is 0.0579. The maximum Gasteiger partial charge on any atom is 0.257 e. The number of aromatic nitrogens is 2. The minimum atomic E-state index is 0.619. The van der Waals surface area contributed by atoms with Crippen molar-refractivity contribution in [1.29, 1.82) is 0 Å². The molecule has 0 saturated heterocycles. The normalized spacial score (nSPS) is 13.1. The summed E-state index contributed by atoms with van der Waals surface area (Å²) in [5, 5.41) is 0. The van der Waals surface area contributed by atoms with Gasteiger partial charge in [0.25, 0.3) is 5.82 Å². The first kappa shape index (κ1) is 41.2. The van der Waals surface area contributed by atoms with Crippen molar-refractivity contribution < 1.29 is 4.57 Å². The number of unbranched alkanes of at least 4 members (excludes halogenated alkanes) is 27. The van der Waals surface area contributed by atoms with Crippen LogP contribution in [0.2, 0.25) is 0 Å². The molecule has 1 rings (SSSR count). The highest BCUT2D eigenvalue weighted by Crippen LogP contribution is 2.27. The van der Waals surface area contributed by atoms with E-state index in [-0.39, 0.29) is 0 Å². The molecule has 0 bridgehead atoms. The van der Waals surface area contributed by atoms with Gasteiger partial charge in [0.15, 0.2) is 0 Å². The minimum absolute atomic E-state index is 0.619. The van der Waals surface area contributed by atoms with Gasteiger partial charge < -0.3 is 0 Å². The predicted molar refractivity (Wildman–Crippen MR) is 198 cm³/mol. The summed E-state index contributed by atoms with van der Waals surface area (Å²) in [4.78, 5) is 3.75. The van der Waals surface area contributed by atoms with E-state index in [0.29, 0.717) is 12.0 Å². The fourth-order valence-corrected chi connectivity index (χ4v) is 7.31. The van der Waals surface area contributed by atoms with Gasteiger partial charge in [0.2, 0.25) is 0 Å². The van der Waals surface area contributed by atoms with Gasteiger partial charge in [0, 0.05) is 0 Å². The smallest absolute Gasteiger partial charge is 0.247 e. The Labute approximate surface area is 278 Å². The standard InChI is InChI=1S/C42H82N2/c1-5-8-11-14-17-19-21-22-24-26-28-31-34-37-41(36-33-30-27-25-23-20-18-15-12-9-6-2)42-43-38-39-44(42)40(4)35-32-29-16-13-10-7-3/h38-41H,5-37H2,1-4H3/p+1. The zero-order valence-electron chi connectivity index (χ0n) is 31.1. The summed E-state index contributed by atoms with van der Waals surface area (Å²) in [6, 6.07) is 0.619. The largest absolute Gasteiger partial charge is 0.257 e. The van der Waals surface area contributed by atoms with Gasteiger partial charge in [-0.15, -0.1) is 0 Å². The van der Waals surface area contributed by atoms with Crippen LogP contribution in [0.3, 0.4) is 0 Å². The number of aromatic amines is 1. The fraction of sp³-hybridized carbons (Fsp3) is 0.929. The summed E-state index contributed by atoms with van der Waals surface area (Å²) in [6.45, 7) is 9.41. The third-order valence-corrected chi connectivity index (χ3v) is 10.4. The SMILES string of the molecule is CCCCCCCCCCCCCCCC(CCCCCCCCCCCCC)c1[nH]cc[n+]1C(C)CCCCCCCC. The molecule has 0 fully saturated rings. The molecule has 2 heteroatoms. The lowest BCUT2D eigenvalue weighted by atomic mass is 9.92. The number of nitrogens with zero attached hydrogens (tertiary/aromatic N) is 1. The van der Waals surface area contributed by atoms with E-state index >= 15 is 0 Å². The molecule has 0 spiro atoms. The number of H-pyrrole nitrogens is 1. The Bertz CT molecular complexity index is 679. The molecular weight excluding hydrogens is 532 g/mol. The second-order valence-corrected chi connectivity index (χ2v) is 14.7. The highest BCUT2D eigenvalue weighted by Gasteiger charge is 2.25. The van der Waals surface area contributed by atoms with Crippen molar-refractivity contribution in [2.75, 3.05) is 0 Å². The number of hydrogen-bond donors (Lipinski definition) is 1. The fourth-order valence-electron chi connectivity index (χ4n) is 7.31. The Morgan fingerprint density at radius 1 is 0.432 bits per heavy atom. The molecule has 0 radical (unpaired) electrons. The summed E-state index contributed by atoms with van der Waals surface area (Å²) in [6.07, 6.45) is 51.7. The molecule has 1 N–H and O–H groups in total. The van der Waals surface area contributed by atoms with Gasteiger partial charge in [-0.05, 0) is 32.6 Å². The number of hydrogen-bond acceptors (Lipinski definition) is 0. The van der Waals surface area contributed by atoms with E-state index in [1.54, 1.807) is 0 Å². The zero-order chi connectivity index (χ0) is 31.8. The lowest BCUT2D eigenvalue weighted by Crippen LogP contribution is -2.41. The molecule has 0 saturated carbocycles. The molecule has 1 aromatic heterocycles. The van der Waals surface area contributed by atoms with Gasteiger partial charge in [-0.3, -0.25) is 0 Å². The van der Waals surface area contributed by atoms with E-state index in [0.717, 1.165) is 0 Å². The molecular formula is C42H83N2+. The summed E-state index contributed by atoms with van der Waals surface area (Å²) in [7, 11) is 0. The first-order valence-corrected chi connectivity index (χ1v) is 20.8. The first-order chi connectivity index (χ1) is 21.7. The highest BCUT2D eigenvalue weighted by molar-refractivity contribution is 4.90. The van der Waals surface area contributed by atoms with E-state index in [1.165, 1.54) is 218 Å². The van der Waals surface area contributed by atoms with Crippen LogP contribution in [-0.2, 0) is 0 Å². The number of imidazole rings is 1. The second kappa shape index (κ2) is 32.2. The average molecular weight is 616 g/mol. The van der Waals surface area contributed by atoms with Crippen molar-refractivity contribution in [3.05, 3.63) is 18.2 Å². The van der Waals surface area contributed by atoms with Crippen molar-refractivity contribution in [2.24, 2.45) is 0 Å². The molecule has 0 aliphatic heterocycles. The van der Waals surface area contributed by atoms with Crippen LogP contribution in [0.25, 0.3) is 0 Å². The first-order valence-electron chi connectivity index (χ1n) is 20.8. The number of nitrogens with one attached hydrogen (secondary N) is 1. The molecule has 0 amide bonds. The summed E-state index contributed by atoms with van der Waals surface area (Å²) < 4.78 is 2.64. The molecule has 2 atom stereocenters. The Balaban J connectivity index is 2.39. The maximum atomic E-state index is 3.75.